The zero-order chi connectivity index (χ0) is 15.7. The van der Waals surface area contributed by atoms with Crippen LogP contribution in [0.25, 0.3) is 11.6 Å². The number of carbonyl (C=O) groups is 1. The molecule has 1 saturated heterocycles. The number of rotatable bonds is 4. The van der Waals surface area contributed by atoms with Crippen molar-refractivity contribution in [3.63, 3.8) is 0 Å². The summed E-state index contributed by atoms with van der Waals surface area (Å²) in [5.41, 5.74) is -0.266. The van der Waals surface area contributed by atoms with Crippen molar-refractivity contribution in [3.8, 4) is 11.6 Å². The second-order valence-electron chi connectivity index (χ2n) is 6.45. The number of aromatic nitrogens is 5. The molecular weight excluding hydrogens is 286 g/mol. The minimum Gasteiger partial charge on any atom is -0.343 e. The Morgan fingerprint density at radius 3 is 2.77 bits per heavy atom. The molecule has 3 heterocycles. The van der Waals surface area contributed by atoms with E-state index in [4.69, 9.17) is 4.52 Å². The third-order valence-electron chi connectivity index (χ3n) is 3.62. The van der Waals surface area contributed by atoms with Crippen LogP contribution in [-0.2, 0) is 4.79 Å². The molecule has 9 heteroatoms. The second-order valence-corrected chi connectivity index (χ2v) is 6.45. The van der Waals surface area contributed by atoms with E-state index in [0.29, 0.717) is 30.6 Å². The molecule has 22 heavy (non-hydrogen) atoms. The van der Waals surface area contributed by atoms with E-state index in [0.717, 1.165) is 0 Å². The first kappa shape index (κ1) is 14.6. The van der Waals surface area contributed by atoms with Gasteiger partial charge in [0.05, 0.1) is 5.92 Å². The first-order valence-corrected chi connectivity index (χ1v) is 7.15. The van der Waals surface area contributed by atoms with Gasteiger partial charge in [0, 0.05) is 13.1 Å². The van der Waals surface area contributed by atoms with Crippen LogP contribution in [0.3, 0.4) is 0 Å². The molecule has 0 bridgehead atoms. The highest BCUT2D eigenvalue weighted by molar-refractivity contribution is 5.80. The van der Waals surface area contributed by atoms with Gasteiger partial charge in [-0.3, -0.25) is 9.89 Å². The molecule has 1 atom stereocenters. The maximum Gasteiger partial charge on any atom is 0.250 e. The molecule has 2 aromatic rings. The summed E-state index contributed by atoms with van der Waals surface area (Å²) in [6, 6.07) is -0.371. The Morgan fingerprint density at radius 1 is 1.45 bits per heavy atom. The predicted molar refractivity (Wildman–Crippen MR) is 76.4 cm³/mol. The number of nitrogens with one attached hydrogen (secondary N) is 3. The first-order valence-electron chi connectivity index (χ1n) is 7.15. The van der Waals surface area contributed by atoms with E-state index >= 15 is 0 Å². The molecule has 2 aromatic heterocycles. The molecule has 3 rings (SSSR count). The molecule has 0 aromatic carbocycles. The van der Waals surface area contributed by atoms with Crippen LogP contribution in [0.5, 0.6) is 0 Å². The summed E-state index contributed by atoms with van der Waals surface area (Å²) in [5, 5.41) is 16.4. The van der Waals surface area contributed by atoms with Gasteiger partial charge < -0.3 is 15.2 Å². The van der Waals surface area contributed by atoms with Gasteiger partial charge >= 0.3 is 0 Å². The Balaban J connectivity index is 1.81. The van der Waals surface area contributed by atoms with E-state index in [-0.39, 0.29) is 23.3 Å². The van der Waals surface area contributed by atoms with E-state index in [1.807, 2.05) is 20.8 Å². The number of carbonyl (C=O) groups excluding carboxylic acids is 1. The van der Waals surface area contributed by atoms with E-state index in [1.165, 1.54) is 6.33 Å². The highest BCUT2D eigenvalue weighted by atomic mass is 16.5. The standard InChI is InChI=1S/C13H19N7O2/c1-13(2,3)8(17-11(21)7-4-14-5-7)12-18-10(20-22-12)9-15-6-16-19-9/h6-8,14H,4-5H2,1-3H3,(H,17,21)(H,15,16,19). The molecular formula is C13H19N7O2. The molecule has 1 amide bonds. The third kappa shape index (κ3) is 2.84. The van der Waals surface area contributed by atoms with Crippen molar-refractivity contribution >= 4 is 5.91 Å². The van der Waals surface area contributed by atoms with Crippen molar-refractivity contribution in [1.29, 1.82) is 0 Å². The molecule has 3 N–H and O–H groups in total. The van der Waals surface area contributed by atoms with Crippen molar-refractivity contribution in [2.75, 3.05) is 13.1 Å². The Bertz CT molecular complexity index is 640. The van der Waals surface area contributed by atoms with Gasteiger partial charge in [-0.15, -0.1) is 0 Å². The lowest BCUT2D eigenvalue weighted by molar-refractivity contribution is -0.128. The van der Waals surface area contributed by atoms with E-state index < -0.39 is 0 Å². The van der Waals surface area contributed by atoms with E-state index in [1.54, 1.807) is 0 Å². The van der Waals surface area contributed by atoms with Crippen LogP contribution in [0.15, 0.2) is 10.9 Å². The fourth-order valence-corrected chi connectivity index (χ4v) is 2.14. The molecule has 0 saturated carbocycles. The van der Waals surface area contributed by atoms with Crippen LogP contribution >= 0.6 is 0 Å². The number of hydrogen-bond donors (Lipinski definition) is 3. The normalized spacial score (nSPS) is 17.0. The van der Waals surface area contributed by atoms with E-state index in [9.17, 15) is 4.79 Å². The molecule has 1 unspecified atom stereocenters. The number of hydrogen-bond acceptors (Lipinski definition) is 7. The summed E-state index contributed by atoms with van der Waals surface area (Å²) in [7, 11) is 0. The summed E-state index contributed by atoms with van der Waals surface area (Å²) in [5.74, 6) is 1.11. The number of amides is 1. The average molecular weight is 305 g/mol. The molecule has 1 fully saturated rings. The number of H-pyrrole nitrogens is 1. The first-order chi connectivity index (χ1) is 10.4. The molecule has 1 aliphatic rings. The Hall–Kier alpha value is -2.29. The molecule has 0 spiro atoms. The molecule has 118 valence electrons. The summed E-state index contributed by atoms with van der Waals surface area (Å²) < 4.78 is 5.33. The summed E-state index contributed by atoms with van der Waals surface area (Å²) in [4.78, 5) is 20.5. The highest BCUT2D eigenvalue weighted by Crippen LogP contribution is 2.32. The van der Waals surface area contributed by atoms with Gasteiger partial charge in [0.1, 0.15) is 12.4 Å². The van der Waals surface area contributed by atoms with Crippen LogP contribution in [0.1, 0.15) is 32.7 Å². The van der Waals surface area contributed by atoms with Gasteiger partial charge in [-0.1, -0.05) is 25.9 Å². The Morgan fingerprint density at radius 2 is 2.23 bits per heavy atom. The fraction of sp³-hybridized carbons (Fsp3) is 0.615. The van der Waals surface area contributed by atoms with Crippen molar-refractivity contribution in [3.05, 3.63) is 12.2 Å². The summed E-state index contributed by atoms with van der Waals surface area (Å²) >= 11 is 0. The second kappa shape index (κ2) is 5.48. The van der Waals surface area contributed by atoms with Crippen molar-refractivity contribution in [2.45, 2.75) is 26.8 Å². The zero-order valence-electron chi connectivity index (χ0n) is 12.8. The maximum absolute atomic E-state index is 12.2. The molecule has 0 aliphatic carbocycles. The lowest BCUT2D eigenvalue weighted by Gasteiger charge is -2.32. The largest absolute Gasteiger partial charge is 0.343 e. The minimum atomic E-state index is -0.371. The van der Waals surface area contributed by atoms with Crippen LogP contribution in [0, 0.1) is 11.3 Å². The van der Waals surface area contributed by atoms with Crippen molar-refractivity contribution in [1.82, 2.24) is 36.0 Å². The Labute approximate surface area is 127 Å². The van der Waals surface area contributed by atoms with E-state index in [2.05, 4.69) is 36.0 Å². The monoisotopic (exact) mass is 305 g/mol. The molecule has 9 nitrogen and oxygen atoms in total. The quantitative estimate of drug-likeness (QED) is 0.741. The fourth-order valence-electron chi connectivity index (χ4n) is 2.14. The van der Waals surface area contributed by atoms with Gasteiger partial charge in [-0.05, 0) is 5.41 Å². The molecule has 1 aliphatic heterocycles. The van der Waals surface area contributed by atoms with Gasteiger partial charge in [0.25, 0.3) is 0 Å². The smallest absolute Gasteiger partial charge is 0.250 e. The summed E-state index contributed by atoms with van der Waals surface area (Å²) in [6.45, 7) is 7.44. The average Bonchev–Trinajstić information content (AvgIpc) is 3.03. The van der Waals surface area contributed by atoms with Crippen LogP contribution < -0.4 is 10.6 Å². The van der Waals surface area contributed by atoms with Crippen LogP contribution in [0.2, 0.25) is 0 Å². The van der Waals surface area contributed by atoms with Gasteiger partial charge in [0.15, 0.2) is 5.82 Å². The van der Waals surface area contributed by atoms with Gasteiger partial charge in [-0.25, -0.2) is 4.98 Å². The van der Waals surface area contributed by atoms with Gasteiger partial charge in [-0.2, -0.15) is 10.1 Å². The highest BCUT2D eigenvalue weighted by Gasteiger charge is 2.36. The van der Waals surface area contributed by atoms with Crippen molar-refractivity contribution < 1.29 is 9.32 Å². The number of nitrogens with zero attached hydrogens (tertiary/aromatic N) is 4. The summed E-state index contributed by atoms with van der Waals surface area (Å²) in [6.07, 6.45) is 1.37. The third-order valence-corrected chi connectivity index (χ3v) is 3.62. The Kier molecular flexibility index (Phi) is 3.65. The topological polar surface area (TPSA) is 122 Å². The zero-order valence-corrected chi connectivity index (χ0v) is 12.8. The lowest BCUT2D eigenvalue weighted by Crippen LogP contribution is -2.52. The van der Waals surface area contributed by atoms with Gasteiger partial charge in [0.2, 0.25) is 17.6 Å². The molecule has 0 radical (unpaired) electrons. The van der Waals surface area contributed by atoms with Crippen LogP contribution in [0.4, 0.5) is 0 Å². The van der Waals surface area contributed by atoms with Crippen LogP contribution in [-0.4, -0.2) is 44.3 Å². The maximum atomic E-state index is 12.2. The number of aromatic amines is 1. The minimum absolute atomic E-state index is 0.00140. The lowest BCUT2D eigenvalue weighted by atomic mass is 9.86. The predicted octanol–water partition coefficient (Wildman–Crippen LogP) is 0.278. The van der Waals surface area contributed by atoms with Crippen molar-refractivity contribution in [2.24, 2.45) is 11.3 Å². The SMILES string of the molecule is CC(C)(C)C(NC(=O)C1CNC1)c1nc(-c2ncn[nH]2)no1.